The fourth-order valence-electron chi connectivity index (χ4n) is 3.16. The van der Waals surface area contributed by atoms with Gasteiger partial charge in [-0.15, -0.1) is 0 Å². The minimum absolute atomic E-state index is 0.166. The van der Waals surface area contributed by atoms with Crippen LogP contribution in [0.2, 0.25) is 0 Å². The number of ether oxygens (including phenoxy) is 2. The second kappa shape index (κ2) is 11.6. The Morgan fingerprint density at radius 1 is 1.25 bits per heavy atom. The summed E-state index contributed by atoms with van der Waals surface area (Å²) in [5.41, 5.74) is 0.611. The van der Waals surface area contributed by atoms with Crippen LogP contribution in [0.4, 0.5) is 5.82 Å². The molecule has 1 saturated heterocycles. The number of pyridine rings is 1. The first kappa shape index (κ1) is 24.4. The molecule has 3 rings (SSSR count). The summed E-state index contributed by atoms with van der Waals surface area (Å²) < 4.78 is 12.6. The summed E-state index contributed by atoms with van der Waals surface area (Å²) in [5, 5.41) is 3.24. The van der Waals surface area contributed by atoms with Crippen LogP contribution in [0.3, 0.4) is 0 Å². The molecule has 3 heterocycles. The monoisotopic (exact) mass is 476 g/mol. The topological polar surface area (TPSA) is 85.2 Å². The molecule has 8 nitrogen and oxygen atoms in total. The van der Waals surface area contributed by atoms with Crippen LogP contribution >= 0.6 is 24.0 Å². The molecule has 0 spiro atoms. The Balaban J connectivity index is 1.88. The number of thiocarbonyl (C=S) groups is 1. The van der Waals surface area contributed by atoms with Gasteiger partial charge >= 0.3 is 0 Å². The average Bonchev–Trinajstić information content (AvgIpc) is 3.03. The maximum absolute atomic E-state index is 13.2. The SMILES string of the molecule is COCCCN1C(=O)C(=Cc2c(NCCCOC(C)C)nc3ccccn3c2=O)SC1=S. The number of methoxy groups -OCH3 is 1. The van der Waals surface area contributed by atoms with Gasteiger partial charge in [-0.1, -0.05) is 30.0 Å². The van der Waals surface area contributed by atoms with Gasteiger partial charge in [0.15, 0.2) is 0 Å². The highest BCUT2D eigenvalue weighted by molar-refractivity contribution is 8.26. The molecular weight excluding hydrogens is 448 g/mol. The van der Waals surface area contributed by atoms with E-state index in [1.807, 2.05) is 19.9 Å². The fraction of sp³-hybridized carbons (Fsp3) is 0.455. The Morgan fingerprint density at radius 3 is 2.81 bits per heavy atom. The molecule has 172 valence electrons. The largest absolute Gasteiger partial charge is 0.385 e. The zero-order valence-corrected chi connectivity index (χ0v) is 20.1. The predicted octanol–water partition coefficient (Wildman–Crippen LogP) is 3.16. The summed E-state index contributed by atoms with van der Waals surface area (Å²) in [4.78, 5) is 32.7. The Hall–Kier alpha value is -2.27. The van der Waals surface area contributed by atoms with E-state index in [1.54, 1.807) is 36.4 Å². The zero-order chi connectivity index (χ0) is 23.1. The molecule has 0 aromatic carbocycles. The molecule has 0 atom stereocenters. The first-order chi connectivity index (χ1) is 15.4. The van der Waals surface area contributed by atoms with Gasteiger partial charge in [0.25, 0.3) is 11.5 Å². The van der Waals surface area contributed by atoms with Crippen molar-refractivity contribution in [2.75, 3.05) is 38.7 Å². The second-order valence-electron chi connectivity index (χ2n) is 7.49. The highest BCUT2D eigenvalue weighted by Gasteiger charge is 2.32. The van der Waals surface area contributed by atoms with Gasteiger partial charge in [-0.3, -0.25) is 18.9 Å². The smallest absolute Gasteiger partial charge is 0.267 e. The number of hydrogen-bond donors (Lipinski definition) is 1. The molecule has 2 aromatic rings. The third-order valence-corrected chi connectivity index (χ3v) is 6.09. The lowest BCUT2D eigenvalue weighted by Gasteiger charge is -2.13. The van der Waals surface area contributed by atoms with Gasteiger partial charge in [-0.25, -0.2) is 4.98 Å². The number of aromatic nitrogens is 2. The third-order valence-electron chi connectivity index (χ3n) is 4.71. The van der Waals surface area contributed by atoms with E-state index in [0.717, 1.165) is 6.42 Å². The Kier molecular flexibility index (Phi) is 8.80. The molecule has 10 heteroatoms. The maximum Gasteiger partial charge on any atom is 0.267 e. The minimum atomic E-state index is -0.249. The second-order valence-corrected chi connectivity index (χ2v) is 9.16. The maximum atomic E-state index is 13.2. The molecule has 0 saturated carbocycles. The van der Waals surface area contributed by atoms with E-state index in [4.69, 9.17) is 21.7 Å². The van der Waals surface area contributed by atoms with Crippen LogP contribution in [0, 0.1) is 0 Å². The predicted molar refractivity (Wildman–Crippen MR) is 132 cm³/mol. The van der Waals surface area contributed by atoms with Gasteiger partial charge in [0, 0.05) is 39.6 Å². The lowest BCUT2D eigenvalue weighted by Crippen LogP contribution is -2.29. The van der Waals surface area contributed by atoms with E-state index in [9.17, 15) is 9.59 Å². The molecule has 32 heavy (non-hydrogen) atoms. The van der Waals surface area contributed by atoms with E-state index >= 15 is 0 Å². The van der Waals surface area contributed by atoms with Gasteiger partial charge in [-0.2, -0.15) is 0 Å². The van der Waals surface area contributed by atoms with Gasteiger partial charge < -0.3 is 14.8 Å². The normalized spacial score (nSPS) is 15.5. The number of rotatable bonds is 11. The van der Waals surface area contributed by atoms with Crippen LogP contribution in [-0.2, 0) is 14.3 Å². The van der Waals surface area contributed by atoms with Gasteiger partial charge in [0.05, 0.1) is 16.6 Å². The third kappa shape index (κ3) is 5.94. The molecule has 1 fully saturated rings. The first-order valence-electron chi connectivity index (χ1n) is 10.5. The van der Waals surface area contributed by atoms with E-state index in [0.29, 0.717) is 59.0 Å². The minimum Gasteiger partial charge on any atom is -0.385 e. The molecule has 0 bridgehead atoms. The molecule has 0 radical (unpaired) electrons. The van der Waals surface area contributed by atoms with Crippen LogP contribution < -0.4 is 10.9 Å². The van der Waals surface area contributed by atoms with Crippen molar-refractivity contribution in [3.63, 3.8) is 0 Å². The zero-order valence-electron chi connectivity index (χ0n) is 18.5. The number of hydrogen-bond acceptors (Lipinski definition) is 8. The van der Waals surface area contributed by atoms with E-state index in [1.165, 1.54) is 16.2 Å². The molecule has 0 unspecified atom stereocenters. The van der Waals surface area contributed by atoms with E-state index in [2.05, 4.69) is 10.3 Å². The molecule has 1 aliphatic heterocycles. The number of anilines is 1. The standard InChI is InChI=1S/C22H28N4O4S2/c1-15(2)30-13-6-9-23-19-16(20(27)25-10-5-4-8-18(25)24-19)14-17-21(28)26(22(31)32-17)11-7-12-29-3/h4-5,8,10,14-15,23H,6-7,9,11-13H2,1-3H3. The molecule has 0 aliphatic carbocycles. The lowest BCUT2D eigenvalue weighted by atomic mass is 10.2. The highest BCUT2D eigenvalue weighted by atomic mass is 32.2. The highest BCUT2D eigenvalue weighted by Crippen LogP contribution is 2.33. The summed E-state index contributed by atoms with van der Waals surface area (Å²) in [6.07, 6.45) is 4.87. The molecule has 1 amide bonds. The van der Waals surface area contributed by atoms with Gasteiger partial charge in [-0.05, 0) is 44.9 Å². The number of fused-ring (bicyclic) bond motifs is 1. The van der Waals surface area contributed by atoms with Crippen LogP contribution in [0.15, 0.2) is 34.1 Å². The van der Waals surface area contributed by atoms with Crippen molar-refractivity contribution in [1.82, 2.24) is 14.3 Å². The number of thioether (sulfide) groups is 1. The first-order valence-corrected chi connectivity index (χ1v) is 11.8. The quantitative estimate of drug-likeness (QED) is 0.301. The Morgan fingerprint density at radius 2 is 2.06 bits per heavy atom. The van der Waals surface area contributed by atoms with Crippen molar-refractivity contribution < 1.29 is 14.3 Å². The van der Waals surface area contributed by atoms with Crippen LogP contribution in [0.5, 0.6) is 0 Å². The number of nitrogens with zero attached hydrogens (tertiary/aromatic N) is 3. The van der Waals surface area contributed by atoms with Crippen LogP contribution in [0.1, 0.15) is 32.3 Å². The van der Waals surface area contributed by atoms with Gasteiger partial charge in [0.1, 0.15) is 15.8 Å². The van der Waals surface area contributed by atoms with Crippen molar-refractivity contribution in [2.24, 2.45) is 0 Å². The fourth-order valence-corrected chi connectivity index (χ4v) is 4.45. The van der Waals surface area contributed by atoms with E-state index < -0.39 is 0 Å². The van der Waals surface area contributed by atoms with Crippen molar-refractivity contribution in [3.8, 4) is 0 Å². The van der Waals surface area contributed by atoms with Gasteiger partial charge in [0.2, 0.25) is 0 Å². The van der Waals surface area contributed by atoms with Crippen LogP contribution in [0.25, 0.3) is 11.7 Å². The summed E-state index contributed by atoms with van der Waals surface area (Å²) in [6.45, 7) is 6.19. The average molecular weight is 477 g/mol. The number of nitrogens with one attached hydrogen (secondary N) is 1. The summed E-state index contributed by atoms with van der Waals surface area (Å²) in [5.74, 6) is 0.236. The number of carbonyl (C=O) groups excluding carboxylic acids is 1. The van der Waals surface area contributed by atoms with Crippen LogP contribution in [-0.4, -0.2) is 64.0 Å². The number of carbonyl (C=O) groups is 1. The lowest BCUT2D eigenvalue weighted by molar-refractivity contribution is -0.122. The van der Waals surface area contributed by atoms with E-state index in [-0.39, 0.29) is 17.6 Å². The Labute approximate surface area is 197 Å². The van der Waals surface area contributed by atoms with Crippen molar-refractivity contribution >= 4 is 51.7 Å². The summed E-state index contributed by atoms with van der Waals surface area (Å²) in [6, 6.07) is 5.37. The van der Waals surface area contributed by atoms with Crippen molar-refractivity contribution in [1.29, 1.82) is 0 Å². The molecule has 2 aromatic heterocycles. The molecule has 1 N–H and O–H groups in total. The van der Waals surface area contributed by atoms with Crippen molar-refractivity contribution in [2.45, 2.75) is 32.8 Å². The Bertz CT molecular complexity index is 1070. The summed E-state index contributed by atoms with van der Waals surface area (Å²) in [7, 11) is 1.62. The molecule has 1 aliphatic rings. The number of amides is 1. The molecular formula is C22H28N4O4S2. The van der Waals surface area contributed by atoms with Crippen molar-refractivity contribution in [3.05, 3.63) is 45.2 Å². The summed E-state index contributed by atoms with van der Waals surface area (Å²) >= 11 is 6.58.